The standard InChI is InChI=1S/C18H23N3/c1-14-6-3-4-8-18(14)16-7-5-9-21(12-16)13-17-11-19-15(2)10-20-17/h3-4,6,8,10-11,16H,5,7,9,12-13H2,1-2H3. The van der Waals surface area contributed by atoms with Crippen molar-refractivity contribution in [2.24, 2.45) is 0 Å². The summed E-state index contributed by atoms with van der Waals surface area (Å²) in [7, 11) is 0. The molecule has 0 N–H and O–H groups in total. The van der Waals surface area contributed by atoms with E-state index in [2.05, 4.69) is 46.1 Å². The number of piperidine rings is 1. The van der Waals surface area contributed by atoms with Gasteiger partial charge in [0.1, 0.15) is 0 Å². The van der Waals surface area contributed by atoms with E-state index in [1.54, 1.807) is 0 Å². The molecule has 1 aliphatic heterocycles. The quantitative estimate of drug-likeness (QED) is 0.862. The summed E-state index contributed by atoms with van der Waals surface area (Å²) < 4.78 is 0. The van der Waals surface area contributed by atoms with Gasteiger partial charge in [-0.3, -0.25) is 14.9 Å². The van der Waals surface area contributed by atoms with Crippen molar-refractivity contribution in [3.63, 3.8) is 0 Å². The SMILES string of the molecule is Cc1cnc(CN2CCCC(c3ccccc3C)C2)cn1. The summed E-state index contributed by atoms with van der Waals surface area (Å²) in [6.07, 6.45) is 6.32. The van der Waals surface area contributed by atoms with Crippen LogP contribution in [0.15, 0.2) is 36.7 Å². The predicted octanol–water partition coefficient (Wildman–Crippen LogP) is 3.47. The zero-order chi connectivity index (χ0) is 14.7. The topological polar surface area (TPSA) is 29.0 Å². The highest BCUT2D eigenvalue weighted by Gasteiger charge is 2.22. The lowest BCUT2D eigenvalue weighted by Crippen LogP contribution is -2.34. The van der Waals surface area contributed by atoms with E-state index in [9.17, 15) is 0 Å². The molecule has 1 aliphatic rings. The van der Waals surface area contributed by atoms with Gasteiger partial charge in [0.15, 0.2) is 0 Å². The van der Waals surface area contributed by atoms with E-state index in [1.165, 1.54) is 24.0 Å². The minimum absolute atomic E-state index is 0.651. The van der Waals surface area contributed by atoms with Crippen LogP contribution in [0, 0.1) is 13.8 Å². The number of likely N-dealkylation sites (tertiary alicyclic amines) is 1. The van der Waals surface area contributed by atoms with Crippen LogP contribution < -0.4 is 0 Å². The number of hydrogen-bond acceptors (Lipinski definition) is 3. The van der Waals surface area contributed by atoms with E-state index in [1.807, 2.05) is 19.3 Å². The first kappa shape index (κ1) is 14.2. The minimum Gasteiger partial charge on any atom is -0.297 e. The number of hydrogen-bond donors (Lipinski definition) is 0. The lowest BCUT2D eigenvalue weighted by atomic mass is 9.88. The van der Waals surface area contributed by atoms with Gasteiger partial charge in [0.05, 0.1) is 11.4 Å². The molecule has 2 heterocycles. The first-order valence-corrected chi connectivity index (χ1v) is 7.78. The number of rotatable bonds is 3. The third kappa shape index (κ3) is 3.48. The summed E-state index contributed by atoms with van der Waals surface area (Å²) in [6.45, 7) is 7.40. The van der Waals surface area contributed by atoms with Crippen LogP contribution in [0.2, 0.25) is 0 Å². The summed E-state index contributed by atoms with van der Waals surface area (Å²) in [5.41, 5.74) is 4.98. The van der Waals surface area contributed by atoms with Gasteiger partial charge in [0.25, 0.3) is 0 Å². The average molecular weight is 281 g/mol. The molecular weight excluding hydrogens is 258 g/mol. The Morgan fingerprint density at radius 1 is 1.14 bits per heavy atom. The number of nitrogens with zero attached hydrogens (tertiary/aromatic N) is 3. The molecular formula is C18H23N3. The molecule has 0 saturated carbocycles. The maximum absolute atomic E-state index is 4.48. The van der Waals surface area contributed by atoms with Gasteiger partial charge in [-0.15, -0.1) is 0 Å². The van der Waals surface area contributed by atoms with Crippen LogP contribution in [0.3, 0.4) is 0 Å². The molecule has 3 heteroatoms. The molecule has 110 valence electrons. The van der Waals surface area contributed by atoms with E-state index in [0.29, 0.717) is 5.92 Å². The Hall–Kier alpha value is -1.74. The number of aromatic nitrogens is 2. The van der Waals surface area contributed by atoms with Gasteiger partial charge in [0.2, 0.25) is 0 Å². The Bertz CT molecular complexity index is 592. The van der Waals surface area contributed by atoms with E-state index in [-0.39, 0.29) is 0 Å². The fraction of sp³-hybridized carbons (Fsp3) is 0.444. The lowest BCUT2D eigenvalue weighted by Gasteiger charge is -2.33. The maximum Gasteiger partial charge on any atom is 0.0727 e. The second kappa shape index (κ2) is 6.35. The molecule has 3 rings (SSSR count). The molecule has 1 fully saturated rings. The normalized spacial score (nSPS) is 19.6. The van der Waals surface area contributed by atoms with E-state index < -0.39 is 0 Å². The van der Waals surface area contributed by atoms with Gasteiger partial charge < -0.3 is 0 Å². The molecule has 0 spiro atoms. The van der Waals surface area contributed by atoms with E-state index >= 15 is 0 Å². The summed E-state index contributed by atoms with van der Waals surface area (Å²) >= 11 is 0. The molecule has 0 aliphatic carbocycles. The number of aryl methyl sites for hydroxylation is 2. The van der Waals surface area contributed by atoms with Gasteiger partial charge in [-0.25, -0.2) is 0 Å². The highest BCUT2D eigenvalue weighted by molar-refractivity contribution is 5.29. The Morgan fingerprint density at radius 2 is 2.00 bits per heavy atom. The molecule has 1 atom stereocenters. The smallest absolute Gasteiger partial charge is 0.0727 e. The first-order chi connectivity index (χ1) is 10.2. The van der Waals surface area contributed by atoms with Crippen molar-refractivity contribution >= 4 is 0 Å². The summed E-state index contributed by atoms with van der Waals surface area (Å²) in [4.78, 5) is 11.3. The molecule has 21 heavy (non-hydrogen) atoms. The molecule has 1 aromatic carbocycles. The highest BCUT2D eigenvalue weighted by atomic mass is 15.1. The van der Waals surface area contributed by atoms with Crippen LogP contribution in [-0.4, -0.2) is 28.0 Å². The average Bonchev–Trinajstić information content (AvgIpc) is 2.50. The summed E-state index contributed by atoms with van der Waals surface area (Å²) in [6, 6.07) is 8.79. The zero-order valence-corrected chi connectivity index (χ0v) is 12.9. The van der Waals surface area contributed by atoms with Crippen molar-refractivity contribution in [3.8, 4) is 0 Å². The van der Waals surface area contributed by atoms with Gasteiger partial charge in [-0.1, -0.05) is 24.3 Å². The monoisotopic (exact) mass is 281 g/mol. The van der Waals surface area contributed by atoms with E-state index in [4.69, 9.17) is 0 Å². The Morgan fingerprint density at radius 3 is 2.76 bits per heavy atom. The molecule has 1 unspecified atom stereocenters. The second-order valence-electron chi connectivity index (χ2n) is 6.08. The molecule has 0 radical (unpaired) electrons. The molecule has 1 aromatic heterocycles. The van der Waals surface area contributed by atoms with Gasteiger partial charge in [0, 0.05) is 25.5 Å². The van der Waals surface area contributed by atoms with Crippen molar-refractivity contribution in [2.75, 3.05) is 13.1 Å². The van der Waals surface area contributed by atoms with Crippen LogP contribution in [0.25, 0.3) is 0 Å². The minimum atomic E-state index is 0.651. The fourth-order valence-electron chi connectivity index (χ4n) is 3.23. The third-order valence-corrected chi connectivity index (χ3v) is 4.35. The Kier molecular flexibility index (Phi) is 4.30. The third-order valence-electron chi connectivity index (χ3n) is 4.35. The summed E-state index contributed by atoms with van der Waals surface area (Å²) in [5, 5.41) is 0. The number of benzene rings is 1. The van der Waals surface area contributed by atoms with E-state index in [0.717, 1.165) is 31.0 Å². The van der Waals surface area contributed by atoms with Gasteiger partial charge in [-0.05, 0) is 50.3 Å². The molecule has 0 bridgehead atoms. The van der Waals surface area contributed by atoms with Crippen molar-refractivity contribution in [2.45, 2.75) is 39.2 Å². The molecule has 1 saturated heterocycles. The van der Waals surface area contributed by atoms with Gasteiger partial charge >= 0.3 is 0 Å². The van der Waals surface area contributed by atoms with Crippen molar-refractivity contribution in [1.29, 1.82) is 0 Å². The largest absolute Gasteiger partial charge is 0.297 e. The van der Waals surface area contributed by atoms with Crippen molar-refractivity contribution in [1.82, 2.24) is 14.9 Å². The molecule has 2 aromatic rings. The van der Waals surface area contributed by atoms with Crippen LogP contribution in [0.1, 0.15) is 41.3 Å². The van der Waals surface area contributed by atoms with Crippen LogP contribution in [0.5, 0.6) is 0 Å². The molecule has 3 nitrogen and oxygen atoms in total. The van der Waals surface area contributed by atoms with Crippen LogP contribution >= 0.6 is 0 Å². The molecule has 0 amide bonds. The summed E-state index contributed by atoms with van der Waals surface area (Å²) in [5.74, 6) is 0.651. The fourth-order valence-corrected chi connectivity index (χ4v) is 3.23. The second-order valence-corrected chi connectivity index (χ2v) is 6.08. The van der Waals surface area contributed by atoms with Crippen molar-refractivity contribution in [3.05, 3.63) is 59.2 Å². The van der Waals surface area contributed by atoms with Crippen LogP contribution in [0.4, 0.5) is 0 Å². The highest BCUT2D eigenvalue weighted by Crippen LogP contribution is 2.29. The van der Waals surface area contributed by atoms with Crippen LogP contribution in [-0.2, 0) is 6.54 Å². The maximum atomic E-state index is 4.48. The zero-order valence-electron chi connectivity index (χ0n) is 12.9. The van der Waals surface area contributed by atoms with Gasteiger partial charge in [-0.2, -0.15) is 0 Å². The first-order valence-electron chi connectivity index (χ1n) is 7.78. The predicted molar refractivity (Wildman–Crippen MR) is 85.2 cm³/mol. The lowest BCUT2D eigenvalue weighted by molar-refractivity contribution is 0.197. The Labute approximate surface area is 127 Å². The Balaban J connectivity index is 1.68. The van der Waals surface area contributed by atoms with Crippen molar-refractivity contribution < 1.29 is 0 Å².